The van der Waals surface area contributed by atoms with Gasteiger partial charge in [-0.15, -0.1) is 0 Å². The van der Waals surface area contributed by atoms with Gasteiger partial charge in [0.1, 0.15) is 18.2 Å². The molecule has 35 heavy (non-hydrogen) atoms. The molecule has 4 aliphatic carbocycles. The minimum absolute atomic E-state index is 0.00670. The Labute approximate surface area is 206 Å². The van der Waals surface area contributed by atoms with E-state index in [1.165, 1.54) is 12.1 Å². The lowest BCUT2D eigenvalue weighted by Crippen LogP contribution is -2.58. The summed E-state index contributed by atoms with van der Waals surface area (Å²) in [5.74, 6) is 2.12. The second-order valence-corrected chi connectivity index (χ2v) is 12.1. The van der Waals surface area contributed by atoms with Crippen molar-refractivity contribution in [3.05, 3.63) is 35.2 Å². The molecule has 1 aromatic carbocycles. The van der Waals surface area contributed by atoms with Gasteiger partial charge in [-0.05, 0) is 118 Å². The third kappa shape index (κ3) is 4.02. The third-order valence-electron chi connectivity index (χ3n) is 10.3. The normalized spacial score (nSPS) is 42.1. The minimum Gasteiger partial charge on any atom is -0.485 e. The molecular weight excluding hydrogens is 448 g/mol. The summed E-state index contributed by atoms with van der Waals surface area (Å²) in [6.07, 6.45) is 6.79. The fourth-order valence-corrected chi connectivity index (χ4v) is 8.59. The molecule has 4 aliphatic rings. The number of ether oxygens (including phenoxy) is 1. The molecule has 0 saturated heterocycles. The lowest BCUT2D eigenvalue weighted by Gasteiger charge is -2.59. The van der Waals surface area contributed by atoms with E-state index in [1.54, 1.807) is 0 Å². The molecule has 0 radical (unpaired) electrons. The molecule has 1 aromatic rings. The van der Waals surface area contributed by atoms with E-state index in [2.05, 4.69) is 12.9 Å². The number of nitriles is 1. The lowest BCUT2D eigenvalue weighted by molar-refractivity contribution is -0.163. The Hall–Kier alpha value is -2.22. The van der Waals surface area contributed by atoms with Crippen LogP contribution in [0.3, 0.4) is 0 Å². The number of aliphatic hydroxyl groups is 1. The zero-order valence-corrected chi connectivity index (χ0v) is 20.7. The van der Waals surface area contributed by atoms with Crippen LogP contribution in [0, 0.1) is 52.2 Å². The third-order valence-corrected chi connectivity index (χ3v) is 10.3. The van der Waals surface area contributed by atoms with Gasteiger partial charge in [0.25, 0.3) is 0 Å². The zero-order chi connectivity index (χ0) is 25.0. The Balaban J connectivity index is 1.32. The molecule has 0 spiro atoms. The van der Waals surface area contributed by atoms with E-state index >= 15 is 4.39 Å². The van der Waals surface area contributed by atoms with E-state index in [1.807, 2.05) is 13.0 Å². The first kappa shape index (κ1) is 24.5. The highest BCUT2D eigenvalue weighted by Gasteiger charge is 2.63. The molecule has 0 heterocycles. The SMILES string of the molecule is C[C@@]1(O)CC[C@@]2(F)[C@H](CC[C@H]3[C@@H]4CC[C@H](C(=C=O)COc5ccc(C#N)cc5F)[C@@]4(C)CC[C@@H]32)C1. The monoisotopic (exact) mass is 483 g/mol. The topological polar surface area (TPSA) is 70.3 Å². The summed E-state index contributed by atoms with van der Waals surface area (Å²) in [6.45, 7) is 4.06. The quantitative estimate of drug-likeness (QED) is 0.538. The van der Waals surface area contributed by atoms with Crippen molar-refractivity contribution >= 4 is 5.94 Å². The predicted molar refractivity (Wildman–Crippen MR) is 127 cm³/mol. The van der Waals surface area contributed by atoms with E-state index in [0.29, 0.717) is 36.7 Å². The fourth-order valence-electron chi connectivity index (χ4n) is 8.59. The van der Waals surface area contributed by atoms with Gasteiger partial charge >= 0.3 is 0 Å². The molecule has 6 heteroatoms. The molecule has 188 valence electrons. The van der Waals surface area contributed by atoms with Crippen LogP contribution in [0.2, 0.25) is 0 Å². The molecule has 4 fully saturated rings. The van der Waals surface area contributed by atoms with Gasteiger partial charge in [-0.2, -0.15) is 5.26 Å². The van der Waals surface area contributed by atoms with Crippen molar-refractivity contribution in [2.24, 2.45) is 35.0 Å². The second-order valence-electron chi connectivity index (χ2n) is 12.1. The summed E-state index contributed by atoms with van der Waals surface area (Å²) in [5.41, 5.74) is -1.33. The molecule has 1 N–H and O–H groups in total. The van der Waals surface area contributed by atoms with Crippen LogP contribution in [0.25, 0.3) is 0 Å². The summed E-state index contributed by atoms with van der Waals surface area (Å²) in [7, 11) is 0. The Morgan fingerprint density at radius 3 is 2.66 bits per heavy atom. The van der Waals surface area contributed by atoms with Gasteiger partial charge < -0.3 is 9.84 Å². The van der Waals surface area contributed by atoms with Crippen LogP contribution in [-0.2, 0) is 4.79 Å². The van der Waals surface area contributed by atoms with Crippen molar-refractivity contribution in [1.29, 1.82) is 5.26 Å². The van der Waals surface area contributed by atoms with Gasteiger partial charge in [0.2, 0.25) is 0 Å². The van der Waals surface area contributed by atoms with E-state index in [4.69, 9.17) is 10.00 Å². The molecule has 0 amide bonds. The lowest BCUT2D eigenvalue weighted by atomic mass is 9.47. The predicted octanol–water partition coefficient (Wildman–Crippen LogP) is 5.95. The second kappa shape index (κ2) is 8.71. The van der Waals surface area contributed by atoms with Crippen molar-refractivity contribution in [3.8, 4) is 11.8 Å². The highest BCUT2D eigenvalue weighted by Crippen LogP contribution is 2.67. The summed E-state index contributed by atoms with van der Waals surface area (Å²) < 4.78 is 36.5. The molecule has 4 nitrogen and oxygen atoms in total. The Bertz CT molecular complexity index is 1090. The Kier molecular flexibility index (Phi) is 6.09. The van der Waals surface area contributed by atoms with Crippen LogP contribution in [-0.4, -0.2) is 28.9 Å². The number of halogens is 2. The zero-order valence-electron chi connectivity index (χ0n) is 20.7. The Morgan fingerprint density at radius 1 is 1.14 bits per heavy atom. The number of rotatable bonds is 4. The first-order chi connectivity index (χ1) is 16.6. The highest BCUT2D eigenvalue weighted by molar-refractivity contribution is 5.55. The van der Waals surface area contributed by atoms with Crippen LogP contribution >= 0.6 is 0 Å². The molecule has 0 unspecified atom stereocenters. The van der Waals surface area contributed by atoms with Crippen LogP contribution in [0.15, 0.2) is 23.8 Å². The smallest absolute Gasteiger partial charge is 0.166 e. The molecule has 0 aromatic heterocycles. The maximum atomic E-state index is 16.5. The van der Waals surface area contributed by atoms with Crippen LogP contribution in [0.4, 0.5) is 8.78 Å². The number of carbonyl (C=O) groups excluding carboxylic acids is 1. The molecular formula is C29H35F2NO3. The number of benzene rings is 1. The van der Waals surface area contributed by atoms with Crippen molar-refractivity contribution in [2.75, 3.05) is 6.61 Å². The summed E-state index contributed by atoms with van der Waals surface area (Å²) in [5, 5.41) is 19.5. The number of hydrogen-bond donors (Lipinski definition) is 1. The number of alkyl halides is 1. The van der Waals surface area contributed by atoms with Gasteiger partial charge in [0, 0.05) is 0 Å². The van der Waals surface area contributed by atoms with Gasteiger partial charge in [-0.1, -0.05) is 6.92 Å². The molecule has 0 bridgehead atoms. The standard InChI is InChI=1S/C29H35F2NO3/c1-27(34)11-12-29(31)20(14-27)4-5-21-23-7-6-22(28(23,2)10-9-24(21)29)19(16-33)17-35-26-8-3-18(15-32)13-25(26)30/h3,8,13,20-24,34H,4-7,9-12,14,17H2,1-2H3/t20-,21+,22-,23+,24+,27-,28-,29-/m1/s1. The summed E-state index contributed by atoms with van der Waals surface area (Å²) in [4.78, 5) is 12.0. The maximum Gasteiger partial charge on any atom is 0.166 e. The number of hydrogen-bond acceptors (Lipinski definition) is 4. The van der Waals surface area contributed by atoms with Gasteiger partial charge in [-0.3, -0.25) is 0 Å². The Morgan fingerprint density at radius 2 is 1.94 bits per heavy atom. The molecule has 0 aliphatic heterocycles. The van der Waals surface area contributed by atoms with Crippen molar-refractivity contribution in [2.45, 2.75) is 82.9 Å². The van der Waals surface area contributed by atoms with Gasteiger partial charge in [0.15, 0.2) is 11.6 Å². The minimum atomic E-state index is -1.19. The fraction of sp³-hybridized carbons (Fsp3) is 0.690. The molecule has 5 rings (SSSR count). The van der Waals surface area contributed by atoms with Crippen molar-refractivity contribution in [1.82, 2.24) is 0 Å². The highest BCUT2D eigenvalue weighted by atomic mass is 19.1. The van der Waals surface area contributed by atoms with Crippen LogP contribution in [0.1, 0.15) is 77.2 Å². The van der Waals surface area contributed by atoms with E-state index in [-0.39, 0.29) is 41.1 Å². The average molecular weight is 484 g/mol. The molecule has 4 saturated carbocycles. The van der Waals surface area contributed by atoms with Gasteiger partial charge in [-0.25, -0.2) is 13.6 Å². The van der Waals surface area contributed by atoms with Crippen LogP contribution in [0.5, 0.6) is 5.75 Å². The first-order valence-corrected chi connectivity index (χ1v) is 13.1. The summed E-state index contributed by atoms with van der Waals surface area (Å²) >= 11 is 0. The van der Waals surface area contributed by atoms with Crippen molar-refractivity contribution in [3.63, 3.8) is 0 Å². The van der Waals surface area contributed by atoms with Crippen LogP contribution < -0.4 is 4.74 Å². The van der Waals surface area contributed by atoms with E-state index in [0.717, 1.165) is 44.6 Å². The number of fused-ring (bicyclic) bond motifs is 5. The summed E-state index contributed by atoms with van der Waals surface area (Å²) in [6, 6.07) is 5.93. The van der Waals surface area contributed by atoms with E-state index in [9.17, 15) is 14.3 Å². The maximum absolute atomic E-state index is 16.5. The first-order valence-electron chi connectivity index (χ1n) is 13.1. The largest absolute Gasteiger partial charge is 0.485 e. The number of nitrogens with zero attached hydrogens (tertiary/aromatic N) is 1. The van der Waals surface area contributed by atoms with Gasteiger partial charge in [0.05, 0.1) is 22.8 Å². The van der Waals surface area contributed by atoms with E-state index < -0.39 is 17.1 Å². The van der Waals surface area contributed by atoms with Crippen molar-refractivity contribution < 1.29 is 23.4 Å². The molecule has 8 atom stereocenters. The average Bonchev–Trinajstić information content (AvgIpc) is 3.18.